The molecule has 8 heteroatoms. The third kappa shape index (κ3) is 3.03. The summed E-state index contributed by atoms with van der Waals surface area (Å²) in [4.78, 5) is 25.1. The largest absolute Gasteiger partial charge is 0.487 e. The molecule has 0 radical (unpaired) electrons. The second-order valence-corrected chi connectivity index (χ2v) is 9.37. The highest BCUT2D eigenvalue weighted by Crippen LogP contribution is 2.39. The molecule has 2 amide bonds. The standard InChI is InChI=1S/C20H20N2O5S/c1-20(2)11-15(13-7-3-5-9-16(13)27-20)21-18(23)12-22-19(24)14-8-4-6-10-17(14)28(22,25)26/h3-10,15H,11-12H2,1-2H3,(H,21,23)/t15-/m1/s1. The molecule has 2 heterocycles. The van der Waals surface area contributed by atoms with Crippen molar-refractivity contribution >= 4 is 21.8 Å². The average Bonchev–Trinajstić information content (AvgIpc) is 2.82. The second kappa shape index (κ2) is 6.34. The van der Waals surface area contributed by atoms with Crippen LogP contribution in [0.1, 0.15) is 42.2 Å². The summed E-state index contributed by atoms with van der Waals surface area (Å²) >= 11 is 0. The van der Waals surface area contributed by atoms with Crippen molar-refractivity contribution in [3.8, 4) is 5.75 Å². The van der Waals surface area contributed by atoms with Gasteiger partial charge in [0.1, 0.15) is 22.8 Å². The van der Waals surface area contributed by atoms with Crippen molar-refractivity contribution in [1.29, 1.82) is 0 Å². The van der Waals surface area contributed by atoms with Crippen LogP contribution in [0.25, 0.3) is 0 Å². The number of ether oxygens (including phenoxy) is 1. The molecule has 2 aliphatic heterocycles. The summed E-state index contributed by atoms with van der Waals surface area (Å²) in [5, 5.41) is 2.87. The first-order valence-corrected chi connectivity index (χ1v) is 10.4. The highest BCUT2D eigenvalue weighted by Gasteiger charge is 2.42. The van der Waals surface area contributed by atoms with Gasteiger partial charge in [-0.05, 0) is 32.0 Å². The van der Waals surface area contributed by atoms with E-state index in [1.54, 1.807) is 12.1 Å². The Morgan fingerprint density at radius 2 is 1.86 bits per heavy atom. The van der Waals surface area contributed by atoms with Crippen LogP contribution >= 0.6 is 0 Å². The normalized spacial score (nSPS) is 21.4. The SMILES string of the molecule is CC1(C)C[C@@H](NC(=O)CN2C(=O)c3ccccc3S2(=O)=O)c2ccccc2O1. The Labute approximate surface area is 163 Å². The number of amides is 2. The van der Waals surface area contributed by atoms with Gasteiger partial charge in [0.2, 0.25) is 5.91 Å². The predicted molar refractivity (Wildman–Crippen MR) is 101 cm³/mol. The van der Waals surface area contributed by atoms with E-state index in [2.05, 4.69) is 5.32 Å². The number of hydrogen-bond donors (Lipinski definition) is 1. The van der Waals surface area contributed by atoms with E-state index in [1.165, 1.54) is 12.1 Å². The minimum absolute atomic E-state index is 0.0645. The van der Waals surface area contributed by atoms with Crippen LogP contribution in [0.3, 0.4) is 0 Å². The number of fused-ring (bicyclic) bond motifs is 2. The summed E-state index contributed by atoms with van der Waals surface area (Å²) in [7, 11) is -4.02. The number of para-hydroxylation sites is 1. The van der Waals surface area contributed by atoms with Crippen LogP contribution in [-0.4, -0.2) is 36.7 Å². The molecule has 28 heavy (non-hydrogen) atoms. The molecule has 0 saturated heterocycles. The molecular weight excluding hydrogens is 380 g/mol. The number of rotatable bonds is 3. The van der Waals surface area contributed by atoms with Crippen LogP contribution in [0, 0.1) is 0 Å². The monoisotopic (exact) mass is 400 g/mol. The van der Waals surface area contributed by atoms with Gasteiger partial charge in [0.15, 0.2) is 0 Å². The highest BCUT2D eigenvalue weighted by atomic mass is 32.2. The predicted octanol–water partition coefficient (Wildman–Crippen LogP) is 2.25. The van der Waals surface area contributed by atoms with E-state index in [0.29, 0.717) is 16.5 Å². The molecule has 2 aromatic carbocycles. The van der Waals surface area contributed by atoms with Crippen molar-refractivity contribution < 1.29 is 22.7 Å². The molecule has 2 aliphatic rings. The van der Waals surface area contributed by atoms with Gasteiger partial charge in [0, 0.05) is 12.0 Å². The first-order chi connectivity index (χ1) is 13.2. The zero-order valence-corrected chi connectivity index (χ0v) is 16.3. The van der Waals surface area contributed by atoms with Crippen molar-refractivity contribution in [1.82, 2.24) is 9.62 Å². The van der Waals surface area contributed by atoms with Gasteiger partial charge in [-0.25, -0.2) is 12.7 Å². The maximum atomic E-state index is 12.7. The second-order valence-electron chi connectivity index (χ2n) is 7.54. The Kier molecular flexibility index (Phi) is 4.19. The van der Waals surface area contributed by atoms with Crippen LogP contribution in [0.5, 0.6) is 5.75 Å². The Morgan fingerprint density at radius 1 is 1.18 bits per heavy atom. The smallest absolute Gasteiger partial charge is 0.269 e. The van der Waals surface area contributed by atoms with Crippen LogP contribution < -0.4 is 10.1 Å². The summed E-state index contributed by atoms with van der Waals surface area (Å²) in [6, 6.07) is 13.0. The third-order valence-corrected chi connectivity index (χ3v) is 6.70. The van der Waals surface area contributed by atoms with E-state index in [1.807, 2.05) is 38.1 Å². The molecule has 7 nitrogen and oxygen atoms in total. The van der Waals surface area contributed by atoms with E-state index in [9.17, 15) is 18.0 Å². The summed E-state index contributed by atoms with van der Waals surface area (Å²) in [5.74, 6) is -0.540. The van der Waals surface area contributed by atoms with E-state index in [-0.39, 0.29) is 16.5 Å². The molecule has 0 saturated carbocycles. The third-order valence-electron chi connectivity index (χ3n) is 4.91. The lowest BCUT2D eigenvalue weighted by molar-refractivity contribution is -0.122. The van der Waals surface area contributed by atoms with E-state index < -0.39 is 34.0 Å². The van der Waals surface area contributed by atoms with Crippen molar-refractivity contribution in [3.63, 3.8) is 0 Å². The number of carbonyl (C=O) groups is 2. The molecule has 0 unspecified atom stereocenters. The van der Waals surface area contributed by atoms with Gasteiger partial charge in [-0.1, -0.05) is 30.3 Å². The van der Waals surface area contributed by atoms with Gasteiger partial charge < -0.3 is 10.1 Å². The number of benzene rings is 2. The Hall–Kier alpha value is -2.87. The van der Waals surface area contributed by atoms with E-state index in [4.69, 9.17) is 4.74 Å². The number of nitrogens with one attached hydrogen (secondary N) is 1. The molecule has 146 valence electrons. The molecule has 1 atom stereocenters. The summed E-state index contributed by atoms with van der Waals surface area (Å²) in [5.41, 5.74) is 0.430. The van der Waals surface area contributed by atoms with Crippen molar-refractivity contribution in [2.45, 2.75) is 36.8 Å². The maximum absolute atomic E-state index is 12.7. The highest BCUT2D eigenvalue weighted by molar-refractivity contribution is 7.90. The van der Waals surface area contributed by atoms with Crippen LogP contribution in [0.15, 0.2) is 53.4 Å². The number of nitrogens with zero attached hydrogens (tertiary/aromatic N) is 1. The minimum Gasteiger partial charge on any atom is -0.487 e. The summed E-state index contributed by atoms with van der Waals surface area (Å²) < 4.78 is 31.8. The van der Waals surface area contributed by atoms with Gasteiger partial charge in [-0.2, -0.15) is 0 Å². The number of carbonyl (C=O) groups excluding carboxylic acids is 2. The maximum Gasteiger partial charge on any atom is 0.269 e. The van der Waals surface area contributed by atoms with Crippen molar-refractivity contribution in [2.24, 2.45) is 0 Å². The lowest BCUT2D eigenvalue weighted by Gasteiger charge is -2.38. The molecule has 0 aromatic heterocycles. The lowest BCUT2D eigenvalue weighted by atomic mass is 9.89. The van der Waals surface area contributed by atoms with Gasteiger partial charge >= 0.3 is 0 Å². The fourth-order valence-electron chi connectivity index (χ4n) is 3.69. The molecule has 0 spiro atoms. The summed E-state index contributed by atoms with van der Waals surface area (Å²) in [6.07, 6.45) is 0.524. The van der Waals surface area contributed by atoms with Crippen LogP contribution in [0.4, 0.5) is 0 Å². The first-order valence-electron chi connectivity index (χ1n) is 8.92. The molecular formula is C20H20N2O5S. The minimum atomic E-state index is -4.02. The van der Waals surface area contributed by atoms with Gasteiger partial charge in [0.05, 0.1) is 11.6 Å². The van der Waals surface area contributed by atoms with Gasteiger partial charge in [0.25, 0.3) is 15.9 Å². The molecule has 0 fully saturated rings. The van der Waals surface area contributed by atoms with Gasteiger partial charge in [-0.3, -0.25) is 9.59 Å². The number of sulfonamides is 1. The zero-order valence-electron chi connectivity index (χ0n) is 15.5. The first kappa shape index (κ1) is 18.5. The molecule has 1 N–H and O–H groups in total. The fourth-order valence-corrected chi connectivity index (χ4v) is 5.21. The quantitative estimate of drug-likeness (QED) is 0.853. The molecule has 0 aliphatic carbocycles. The average molecular weight is 400 g/mol. The van der Waals surface area contributed by atoms with E-state index >= 15 is 0 Å². The lowest BCUT2D eigenvalue weighted by Crippen LogP contribution is -2.45. The molecule has 0 bridgehead atoms. The Balaban J connectivity index is 1.55. The van der Waals surface area contributed by atoms with E-state index in [0.717, 1.165) is 5.56 Å². The zero-order chi connectivity index (χ0) is 20.1. The van der Waals surface area contributed by atoms with Crippen LogP contribution in [0.2, 0.25) is 0 Å². The topological polar surface area (TPSA) is 92.8 Å². The van der Waals surface area contributed by atoms with Crippen molar-refractivity contribution in [3.05, 3.63) is 59.7 Å². The fraction of sp³-hybridized carbons (Fsp3) is 0.300. The van der Waals surface area contributed by atoms with Crippen molar-refractivity contribution in [2.75, 3.05) is 6.54 Å². The Bertz CT molecular complexity index is 1080. The van der Waals surface area contributed by atoms with Gasteiger partial charge in [-0.15, -0.1) is 0 Å². The molecule has 4 rings (SSSR count). The summed E-state index contributed by atoms with van der Waals surface area (Å²) in [6.45, 7) is 3.29. The molecule has 2 aromatic rings. The number of hydrogen-bond acceptors (Lipinski definition) is 5. The van der Waals surface area contributed by atoms with Crippen LogP contribution in [-0.2, 0) is 14.8 Å². The Morgan fingerprint density at radius 3 is 2.61 bits per heavy atom.